The number of amides is 1. The Bertz CT molecular complexity index is 1300. The van der Waals surface area contributed by atoms with Crippen molar-refractivity contribution in [2.45, 2.75) is 45.0 Å². The Hall–Kier alpha value is -3.64. The first-order valence-electron chi connectivity index (χ1n) is 13.6. The van der Waals surface area contributed by atoms with Gasteiger partial charge in [0, 0.05) is 38.6 Å². The largest absolute Gasteiger partial charge is 0.345 e. The Morgan fingerprint density at radius 3 is 2.51 bits per heavy atom. The molecule has 0 radical (unpaired) electrons. The van der Waals surface area contributed by atoms with Crippen LogP contribution >= 0.6 is 0 Å². The molecular weight excluding hydrogens is 492 g/mol. The molecule has 1 amide bonds. The zero-order valence-electron chi connectivity index (χ0n) is 22.8. The molecule has 0 saturated heterocycles. The molecule has 1 heterocycles. The summed E-state index contributed by atoms with van der Waals surface area (Å²) >= 11 is 0. The molecule has 1 aliphatic carbocycles. The van der Waals surface area contributed by atoms with Crippen LogP contribution in [-0.4, -0.2) is 49.4 Å². The predicted molar refractivity (Wildman–Crippen MR) is 155 cm³/mol. The minimum Gasteiger partial charge on any atom is -0.345 e. The average molecular weight is 530 g/mol. The van der Waals surface area contributed by atoms with Gasteiger partial charge in [0.1, 0.15) is 0 Å². The lowest BCUT2D eigenvalue weighted by Gasteiger charge is -2.17. The van der Waals surface area contributed by atoms with Crippen molar-refractivity contribution >= 4 is 17.1 Å². The zero-order valence-corrected chi connectivity index (χ0v) is 22.8. The number of likely N-dealkylation sites (N-methyl/N-ethyl adjacent to an activating group) is 1. The van der Waals surface area contributed by atoms with E-state index >= 15 is 0 Å². The third kappa shape index (κ3) is 7.93. The molecule has 0 unspecified atom stereocenters. The number of pyridine rings is 1. The first-order chi connectivity index (χ1) is 18.9. The molecule has 0 spiro atoms. The van der Waals surface area contributed by atoms with Gasteiger partial charge in [-0.25, -0.2) is 8.78 Å². The Balaban J connectivity index is 1.50. The lowest BCUT2D eigenvalue weighted by molar-refractivity contribution is -0.123. The van der Waals surface area contributed by atoms with E-state index < -0.39 is 6.43 Å². The summed E-state index contributed by atoms with van der Waals surface area (Å²) in [5, 5.41) is 3.36. The maximum absolute atomic E-state index is 12.8. The van der Waals surface area contributed by atoms with E-state index in [1.54, 1.807) is 37.3 Å². The smallest absolute Gasteiger partial charge is 0.245 e. The van der Waals surface area contributed by atoms with Gasteiger partial charge < -0.3 is 10.2 Å². The van der Waals surface area contributed by atoms with E-state index in [1.165, 1.54) is 27.8 Å². The van der Waals surface area contributed by atoms with E-state index in [9.17, 15) is 13.6 Å². The zero-order chi connectivity index (χ0) is 27.6. The highest BCUT2D eigenvalue weighted by Gasteiger charge is 2.20. The summed E-state index contributed by atoms with van der Waals surface area (Å²) in [4.78, 5) is 17.5. The number of alkyl halides is 2. The molecule has 204 valence electrons. The van der Waals surface area contributed by atoms with E-state index in [2.05, 4.69) is 58.8 Å². The van der Waals surface area contributed by atoms with Crippen LogP contribution in [0.1, 0.15) is 52.8 Å². The van der Waals surface area contributed by atoms with Crippen molar-refractivity contribution in [1.82, 2.24) is 15.2 Å². The third-order valence-electron chi connectivity index (χ3n) is 7.02. The first-order valence-corrected chi connectivity index (χ1v) is 13.6. The van der Waals surface area contributed by atoms with Crippen LogP contribution in [0.25, 0.3) is 11.1 Å². The number of carbonyl (C=O) groups is 1. The molecule has 1 N–H and O–H groups in total. The summed E-state index contributed by atoms with van der Waals surface area (Å²) in [6.45, 7) is 1.55. The van der Waals surface area contributed by atoms with Crippen LogP contribution in [0.5, 0.6) is 0 Å². The number of halogens is 2. The molecule has 3 aromatic rings. The summed E-state index contributed by atoms with van der Waals surface area (Å²) in [7, 11) is 3.48. The number of fused-ring (bicyclic) bond motifs is 1. The van der Waals surface area contributed by atoms with Crippen LogP contribution in [-0.2, 0) is 24.1 Å². The highest BCUT2D eigenvalue weighted by atomic mass is 19.3. The number of carbonyl (C=O) groups excluding carboxylic acids is 1. The summed E-state index contributed by atoms with van der Waals surface area (Å²) in [6.07, 6.45) is 7.39. The van der Waals surface area contributed by atoms with Gasteiger partial charge in [-0.15, -0.1) is 0 Å². The van der Waals surface area contributed by atoms with E-state index in [0.29, 0.717) is 12.2 Å². The van der Waals surface area contributed by atoms with Crippen molar-refractivity contribution in [2.75, 3.05) is 27.2 Å². The lowest BCUT2D eigenvalue weighted by atomic mass is 9.88. The van der Waals surface area contributed by atoms with Gasteiger partial charge >= 0.3 is 0 Å². The average Bonchev–Trinajstić information content (AvgIpc) is 3.12. The molecule has 0 bridgehead atoms. The predicted octanol–water partition coefficient (Wildman–Crippen LogP) is 6.35. The van der Waals surface area contributed by atoms with Gasteiger partial charge in [-0.2, -0.15) is 0 Å². The molecule has 39 heavy (non-hydrogen) atoms. The normalized spacial score (nSPS) is 13.6. The summed E-state index contributed by atoms with van der Waals surface area (Å²) in [5.41, 5.74) is 8.85. The molecule has 0 atom stereocenters. The van der Waals surface area contributed by atoms with Crippen molar-refractivity contribution < 1.29 is 13.6 Å². The highest BCUT2D eigenvalue weighted by Crippen LogP contribution is 2.39. The van der Waals surface area contributed by atoms with Gasteiger partial charge in [-0.3, -0.25) is 9.78 Å². The number of aryl methyl sites for hydroxylation is 2. The molecule has 0 saturated carbocycles. The minimum atomic E-state index is -2.40. The molecule has 1 aliphatic rings. The monoisotopic (exact) mass is 529 g/mol. The fourth-order valence-electron chi connectivity index (χ4n) is 4.98. The van der Waals surface area contributed by atoms with Crippen LogP contribution in [0.3, 0.4) is 0 Å². The molecule has 4 rings (SSSR count). The van der Waals surface area contributed by atoms with Crippen LogP contribution in [0.15, 0.2) is 79.0 Å². The van der Waals surface area contributed by atoms with Crippen LogP contribution < -0.4 is 5.32 Å². The molecule has 1 aromatic heterocycles. The Labute approximate surface area is 230 Å². The second-order valence-electron chi connectivity index (χ2n) is 10.1. The molecule has 4 nitrogen and oxygen atoms in total. The Morgan fingerprint density at radius 1 is 1.03 bits per heavy atom. The number of hydrogen-bond donors (Lipinski definition) is 1. The number of rotatable bonds is 11. The van der Waals surface area contributed by atoms with Crippen LogP contribution in [0.2, 0.25) is 0 Å². The summed E-state index contributed by atoms with van der Waals surface area (Å²) in [5.74, 6) is -0.00790. The second-order valence-corrected chi connectivity index (χ2v) is 10.1. The second kappa shape index (κ2) is 13.9. The van der Waals surface area contributed by atoms with Gasteiger partial charge in [-0.05, 0) is 83.7 Å². The first kappa shape index (κ1) is 28.4. The Morgan fingerprint density at radius 2 is 1.79 bits per heavy atom. The van der Waals surface area contributed by atoms with E-state index in [-0.39, 0.29) is 12.3 Å². The fraction of sp³-hybridized carbons (Fsp3) is 0.333. The lowest BCUT2D eigenvalue weighted by Crippen LogP contribution is -2.20. The molecule has 0 fully saturated rings. The quantitative estimate of drug-likeness (QED) is 0.233. The number of hydrogen-bond acceptors (Lipinski definition) is 3. The molecule has 0 aliphatic heterocycles. The van der Waals surface area contributed by atoms with Crippen molar-refractivity contribution in [3.8, 4) is 0 Å². The van der Waals surface area contributed by atoms with Gasteiger partial charge in [0.2, 0.25) is 12.3 Å². The fourth-order valence-corrected chi connectivity index (χ4v) is 4.98. The standard InChI is InChI=1S/C33H37F2N3O/c1-38(2)32(39)13-7-21-36-20-6-8-24-14-16-26(17-15-24)33-29-11-4-3-9-25(29)10-5-12-30(33)27-18-19-28(37-23-27)22-31(34)35/h3-4,7,9,11,13-19,23,31,36H,5-6,8,10,12,20-22H2,1-2H3/b13-7+. The summed E-state index contributed by atoms with van der Waals surface area (Å²) < 4.78 is 25.7. The van der Waals surface area contributed by atoms with E-state index in [4.69, 9.17) is 0 Å². The van der Waals surface area contributed by atoms with Gasteiger partial charge in [0.15, 0.2) is 0 Å². The number of aromatic nitrogens is 1. The number of nitrogens with zero attached hydrogens (tertiary/aromatic N) is 2. The molecule has 6 heteroatoms. The molecule has 2 aromatic carbocycles. The number of nitrogens with one attached hydrogen (secondary N) is 1. The van der Waals surface area contributed by atoms with E-state index in [1.807, 2.05) is 12.1 Å². The minimum absolute atomic E-state index is 0.00790. The van der Waals surface area contributed by atoms with Crippen molar-refractivity contribution in [1.29, 1.82) is 0 Å². The number of benzene rings is 2. The van der Waals surface area contributed by atoms with Crippen LogP contribution in [0.4, 0.5) is 8.78 Å². The van der Waals surface area contributed by atoms with Crippen molar-refractivity contribution in [2.24, 2.45) is 0 Å². The highest BCUT2D eigenvalue weighted by molar-refractivity contribution is 5.99. The SMILES string of the molecule is CN(C)C(=O)/C=C/CNCCCc1ccc(C2=C(c3ccc(CC(F)F)nc3)CCCc3ccccc32)cc1. The third-order valence-corrected chi connectivity index (χ3v) is 7.02. The van der Waals surface area contributed by atoms with Gasteiger partial charge in [0.05, 0.1) is 6.42 Å². The Kier molecular flexibility index (Phi) is 10.1. The van der Waals surface area contributed by atoms with E-state index in [0.717, 1.165) is 49.8 Å². The summed E-state index contributed by atoms with van der Waals surface area (Å²) in [6, 6.07) is 21.1. The van der Waals surface area contributed by atoms with Gasteiger partial charge in [0.25, 0.3) is 0 Å². The maximum atomic E-state index is 12.8. The topological polar surface area (TPSA) is 45.2 Å². The maximum Gasteiger partial charge on any atom is 0.245 e. The van der Waals surface area contributed by atoms with Crippen molar-refractivity contribution in [3.05, 3.63) is 113 Å². The van der Waals surface area contributed by atoms with Gasteiger partial charge in [-0.1, -0.05) is 60.7 Å². The number of allylic oxidation sites excluding steroid dienone is 1. The molecular formula is C33H37F2N3O. The van der Waals surface area contributed by atoms with Crippen molar-refractivity contribution in [3.63, 3.8) is 0 Å². The van der Waals surface area contributed by atoms with Crippen LogP contribution in [0, 0.1) is 0 Å².